The van der Waals surface area contributed by atoms with Gasteiger partial charge in [-0.25, -0.2) is 0 Å². The van der Waals surface area contributed by atoms with Crippen LogP contribution in [-0.4, -0.2) is 11.2 Å². The molecular formula is C18H28O. The Morgan fingerprint density at radius 1 is 1.16 bits per heavy atom. The van der Waals surface area contributed by atoms with Crippen molar-refractivity contribution in [3.63, 3.8) is 0 Å². The van der Waals surface area contributed by atoms with E-state index in [9.17, 15) is 5.11 Å². The van der Waals surface area contributed by atoms with Gasteiger partial charge in [0.25, 0.3) is 0 Å². The molecule has 1 aromatic carbocycles. The largest absolute Gasteiger partial charge is 0.392 e. The lowest BCUT2D eigenvalue weighted by Gasteiger charge is -2.30. The monoisotopic (exact) mass is 260 g/mol. The molecule has 106 valence electrons. The van der Waals surface area contributed by atoms with Gasteiger partial charge in [0.05, 0.1) is 6.10 Å². The zero-order valence-electron chi connectivity index (χ0n) is 12.4. The molecule has 1 fully saturated rings. The van der Waals surface area contributed by atoms with Crippen molar-refractivity contribution in [1.29, 1.82) is 0 Å². The molecule has 0 spiro atoms. The maximum atomic E-state index is 10.7. The molecule has 19 heavy (non-hydrogen) atoms. The Labute approximate surface area is 118 Å². The van der Waals surface area contributed by atoms with Gasteiger partial charge in [-0.05, 0) is 23.8 Å². The fourth-order valence-corrected chi connectivity index (χ4v) is 3.59. The second-order valence-electron chi connectivity index (χ2n) is 6.28. The van der Waals surface area contributed by atoms with Crippen LogP contribution in [0.5, 0.6) is 0 Å². The summed E-state index contributed by atoms with van der Waals surface area (Å²) >= 11 is 0. The van der Waals surface area contributed by atoms with E-state index in [-0.39, 0.29) is 6.10 Å². The molecule has 2 rings (SSSR count). The highest BCUT2D eigenvalue weighted by atomic mass is 16.3. The predicted octanol–water partition coefficient (Wildman–Crippen LogP) is 4.76. The number of hydrogen-bond donors (Lipinski definition) is 1. The summed E-state index contributed by atoms with van der Waals surface area (Å²) < 4.78 is 0. The van der Waals surface area contributed by atoms with E-state index in [0.29, 0.717) is 11.8 Å². The van der Waals surface area contributed by atoms with E-state index < -0.39 is 0 Å². The highest BCUT2D eigenvalue weighted by Crippen LogP contribution is 2.36. The lowest BCUT2D eigenvalue weighted by molar-refractivity contribution is 0.0917. The first-order valence-electron chi connectivity index (χ1n) is 7.95. The molecule has 0 bridgehead atoms. The third-order valence-corrected chi connectivity index (χ3v) is 4.91. The summed E-state index contributed by atoms with van der Waals surface area (Å²) in [5.74, 6) is 1.59. The normalized spacial score (nSPS) is 21.2. The highest BCUT2D eigenvalue weighted by Gasteiger charge is 2.29. The fraction of sp³-hybridized carbons (Fsp3) is 0.667. The van der Waals surface area contributed by atoms with E-state index in [1.165, 1.54) is 31.2 Å². The quantitative estimate of drug-likeness (QED) is 0.782. The molecule has 0 radical (unpaired) electrons. The Hall–Kier alpha value is -0.820. The molecule has 1 aliphatic carbocycles. The minimum Gasteiger partial charge on any atom is -0.392 e. The summed E-state index contributed by atoms with van der Waals surface area (Å²) in [5.41, 5.74) is 1.31. The van der Waals surface area contributed by atoms with Crippen LogP contribution in [-0.2, 0) is 0 Å². The van der Waals surface area contributed by atoms with Crippen LogP contribution < -0.4 is 0 Å². The zero-order chi connectivity index (χ0) is 13.7. The van der Waals surface area contributed by atoms with Crippen LogP contribution in [0.15, 0.2) is 30.3 Å². The molecule has 1 aromatic rings. The van der Waals surface area contributed by atoms with Gasteiger partial charge in [0, 0.05) is 5.92 Å². The van der Waals surface area contributed by atoms with Crippen molar-refractivity contribution in [2.45, 2.75) is 64.4 Å². The van der Waals surface area contributed by atoms with E-state index in [1.807, 2.05) is 0 Å². The number of benzene rings is 1. The first kappa shape index (κ1) is 14.6. The molecule has 0 aliphatic heterocycles. The van der Waals surface area contributed by atoms with Gasteiger partial charge >= 0.3 is 0 Å². The van der Waals surface area contributed by atoms with Crippen molar-refractivity contribution in [3.05, 3.63) is 35.9 Å². The van der Waals surface area contributed by atoms with Gasteiger partial charge in [0.1, 0.15) is 0 Å². The van der Waals surface area contributed by atoms with Gasteiger partial charge < -0.3 is 5.11 Å². The molecule has 1 aliphatic rings. The van der Waals surface area contributed by atoms with E-state index >= 15 is 0 Å². The second-order valence-corrected chi connectivity index (χ2v) is 6.28. The maximum Gasteiger partial charge on any atom is 0.0613 e. The second kappa shape index (κ2) is 7.09. The van der Waals surface area contributed by atoms with Crippen molar-refractivity contribution in [2.24, 2.45) is 11.8 Å². The third kappa shape index (κ3) is 3.82. The average Bonchev–Trinajstić information content (AvgIpc) is 2.93. The molecular weight excluding hydrogens is 232 g/mol. The average molecular weight is 260 g/mol. The SMILES string of the molecule is CCC(C)C(c1ccccc1)C(O)CC1CCCC1. The molecule has 1 nitrogen and oxygen atoms in total. The number of aliphatic hydroxyl groups is 1. The molecule has 0 amide bonds. The summed E-state index contributed by atoms with van der Waals surface area (Å²) in [6, 6.07) is 10.6. The van der Waals surface area contributed by atoms with Crippen LogP contribution in [0, 0.1) is 11.8 Å². The minimum atomic E-state index is -0.180. The maximum absolute atomic E-state index is 10.7. The van der Waals surface area contributed by atoms with E-state index in [4.69, 9.17) is 0 Å². The van der Waals surface area contributed by atoms with Crippen LogP contribution in [0.3, 0.4) is 0 Å². The summed E-state index contributed by atoms with van der Waals surface area (Å²) in [7, 11) is 0. The van der Waals surface area contributed by atoms with Crippen LogP contribution in [0.4, 0.5) is 0 Å². The van der Waals surface area contributed by atoms with E-state index in [0.717, 1.165) is 18.8 Å². The van der Waals surface area contributed by atoms with Gasteiger partial charge in [-0.1, -0.05) is 76.3 Å². The first-order chi connectivity index (χ1) is 9.22. The fourth-order valence-electron chi connectivity index (χ4n) is 3.59. The lowest BCUT2D eigenvalue weighted by atomic mass is 9.78. The molecule has 3 atom stereocenters. The zero-order valence-corrected chi connectivity index (χ0v) is 12.4. The van der Waals surface area contributed by atoms with Crippen LogP contribution in [0.25, 0.3) is 0 Å². The topological polar surface area (TPSA) is 20.2 Å². The Morgan fingerprint density at radius 3 is 2.37 bits per heavy atom. The van der Waals surface area contributed by atoms with Crippen LogP contribution in [0.1, 0.15) is 63.9 Å². The molecule has 0 saturated heterocycles. The molecule has 3 unspecified atom stereocenters. The molecule has 0 aromatic heterocycles. The van der Waals surface area contributed by atoms with Gasteiger partial charge in [-0.15, -0.1) is 0 Å². The summed E-state index contributed by atoms with van der Waals surface area (Å²) in [5, 5.41) is 10.7. The first-order valence-corrected chi connectivity index (χ1v) is 7.95. The molecule has 1 saturated carbocycles. The summed E-state index contributed by atoms with van der Waals surface area (Å²) in [4.78, 5) is 0. The molecule has 1 heteroatoms. The van der Waals surface area contributed by atoms with Crippen LogP contribution >= 0.6 is 0 Å². The van der Waals surface area contributed by atoms with Gasteiger partial charge in [0.15, 0.2) is 0 Å². The van der Waals surface area contributed by atoms with Crippen molar-refractivity contribution >= 4 is 0 Å². The van der Waals surface area contributed by atoms with Crippen molar-refractivity contribution in [2.75, 3.05) is 0 Å². The van der Waals surface area contributed by atoms with Gasteiger partial charge in [-0.3, -0.25) is 0 Å². The number of rotatable bonds is 6. The van der Waals surface area contributed by atoms with Crippen molar-refractivity contribution < 1.29 is 5.11 Å². The number of hydrogen-bond acceptors (Lipinski definition) is 1. The minimum absolute atomic E-state index is 0.180. The highest BCUT2D eigenvalue weighted by molar-refractivity contribution is 5.21. The smallest absolute Gasteiger partial charge is 0.0613 e. The lowest BCUT2D eigenvalue weighted by Crippen LogP contribution is -2.26. The van der Waals surface area contributed by atoms with Gasteiger partial charge in [-0.2, -0.15) is 0 Å². The van der Waals surface area contributed by atoms with Crippen molar-refractivity contribution in [1.82, 2.24) is 0 Å². The predicted molar refractivity (Wildman–Crippen MR) is 81.2 cm³/mol. The Morgan fingerprint density at radius 2 is 1.79 bits per heavy atom. The Balaban J connectivity index is 2.08. The Kier molecular flexibility index (Phi) is 5.45. The van der Waals surface area contributed by atoms with Crippen LogP contribution in [0.2, 0.25) is 0 Å². The molecule has 1 N–H and O–H groups in total. The third-order valence-electron chi connectivity index (χ3n) is 4.91. The van der Waals surface area contributed by atoms with Gasteiger partial charge in [0.2, 0.25) is 0 Å². The van der Waals surface area contributed by atoms with E-state index in [2.05, 4.69) is 44.2 Å². The standard InChI is InChI=1S/C18H28O/c1-3-14(2)18(16-11-5-4-6-12-16)17(19)13-15-9-7-8-10-15/h4-6,11-12,14-15,17-19H,3,7-10,13H2,1-2H3. The Bertz CT molecular complexity index is 353. The summed E-state index contributed by atoms with van der Waals surface area (Å²) in [6.45, 7) is 4.50. The number of aliphatic hydroxyl groups excluding tert-OH is 1. The summed E-state index contributed by atoms with van der Waals surface area (Å²) in [6.07, 6.45) is 7.29. The molecule has 0 heterocycles. The van der Waals surface area contributed by atoms with E-state index in [1.54, 1.807) is 0 Å². The van der Waals surface area contributed by atoms with Crippen molar-refractivity contribution in [3.8, 4) is 0 Å².